The molecule has 0 aromatic heterocycles. The summed E-state index contributed by atoms with van der Waals surface area (Å²) in [5.41, 5.74) is 3.50. The lowest BCUT2D eigenvalue weighted by Crippen LogP contribution is -1.97. The van der Waals surface area contributed by atoms with Gasteiger partial charge in [-0.25, -0.2) is 0 Å². The van der Waals surface area contributed by atoms with E-state index in [1.807, 2.05) is 13.0 Å². The molecule has 1 N–H and O–H groups in total. The number of epoxide rings is 1. The quantitative estimate of drug-likeness (QED) is 0.438. The summed E-state index contributed by atoms with van der Waals surface area (Å²) in [6.45, 7) is 5.02. The molecule has 1 saturated heterocycles. The fourth-order valence-corrected chi connectivity index (χ4v) is 3.08. The predicted molar refractivity (Wildman–Crippen MR) is 93.2 cm³/mol. The molecule has 22 heavy (non-hydrogen) atoms. The zero-order valence-electron chi connectivity index (χ0n) is 14.1. The Morgan fingerprint density at radius 2 is 1.82 bits per heavy atom. The molecular weight excluding hydrogens is 272 g/mol. The number of aromatic hydroxyl groups is 1. The Morgan fingerprint density at radius 3 is 2.45 bits per heavy atom. The van der Waals surface area contributed by atoms with Crippen LogP contribution in [-0.4, -0.2) is 11.7 Å². The molecule has 1 atom stereocenters. The van der Waals surface area contributed by atoms with Gasteiger partial charge < -0.3 is 9.84 Å². The summed E-state index contributed by atoms with van der Waals surface area (Å²) in [7, 11) is 0. The summed E-state index contributed by atoms with van der Waals surface area (Å²) in [6.07, 6.45) is 14.7. The third-order valence-electron chi connectivity index (χ3n) is 4.39. The van der Waals surface area contributed by atoms with E-state index >= 15 is 0 Å². The lowest BCUT2D eigenvalue weighted by atomic mass is 9.93. The van der Waals surface area contributed by atoms with Crippen molar-refractivity contribution in [2.75, 3.05) is 6.61 Å². The zero-order chi connectivity index (χ0) is 15.8. The molecule has 1 aliphatic rings. The molecule has 2 nitrogen and oxygen atoms in total. The van der Waals surface area contributed by atoms with Crippen molar-refractivity contribution in [3.05, 3.63) is 34.9 Å². The monoisotopic (exact) mass is 302 g/mol. The molecule has 1 heterocycles. The van der Waals surface area contributed by atoms with Gasteiger partial charge in [-0.15, -0.1) is 0 Å². The van der Waals surface area contributed by atoms with E-state index in [0.717, 1.165) is 18.6 Å². The molecule has 0 spiro atoms. The first-order chi connectivity index (χ1) is 10.8. The van der Waals surface area contributed by atoms with Crippen LogP contribution in [0.25, 0.3) is 6.08 Å². The molecule has 0 amide bonds. The number of rotatable bonds is 10. The highest BCUT2D eigenvalue weighted by atomic mass is 16.6. The van der Waals surface area contributed by atoms with E-state index in [1.165, 1.54) is 56.1 Å². The minimum atomic E-state index is 0.0974. The number of hydrogen-bond acceptors (Lipinski definition) is 2. The Morgan fingerprint density at radius 1 is 1.14 bits per heavy atom. The smallest absolute Gasteiger partial charge is 0.122 e. The second-order valence-corrected chi connectivity index (χ2v) is 6.26. The zero-order valence-corrected chi connectivity index (χ0v) is 14.1. The first-order valence-corrected chi connectivity index (χ1v) is 8.87. The third-order valence-corrected chi connectivity index (χ3v) is 4.39. The van der Waals surface area contributed by atoms with Crippen molar-refractivity contribution in [1.29, 1.82) is 0 Å². The highest BCUT2D eigenvalue weighted by Crippen LogP contribution is 2.40. The molecule has 1 unspecified atom stereocenters. The van der Waals surface area contributed by atoms with Crippen molar-refractivity contribution in [2.24, 2.45) is 0 Å². The topological polar surface area (TPSA) is 32.8 Å². The Hall–Kier alpha value is -1.28. The average Bonchev–Trinajstić information content (AvgIpc) is 3.33. The van der Waals surface area contributed by atoms with Crippen LogP contribution in [0, 0.1) is 0 Å². The van der Waals surface area contributed by atoms with Crippen LogP contribution in [0.4, 0.5) is 0 Å². The molecule has 122 valence electrons. The van der Waals surface area contributed by atoms with E-state index in [2.05, 4.69) is 25.1 Å². The Bertz CT molecular complexity index is 487. The van der Waals surface area contributed by atoms with Gasteiger partial charge in [-0.3, -0.25) is 0 Å². The van der Waals surface area contributed by atoms with Crippen molar-refractivity contribution in [3.8, 4) is 5.75 Å². The second-order valence-electron chi connectivity index (χ2n) is 6.26. The second kappa shape index (κ2) is 8.99. The molecule has 1 aliphatic heterocycles. The molecule has 1 fully saturated rings. The van der Waals surface area contributed by atoms with Crippen LogP contribution in [0.3, 0.4) is 0 Å². The molecule has 0 bridgehead atoms. The van der Waals surface area contributed by atoms with Gasteiger partial charge in [-0.1, -0.05) is 63.7 Å². The van der Waals surface area contributed by atoms with Gasteiger partial charge in [0.25, 0.3) is 0 Å². The summed E-state index contributed by atoms with van der Waals surface area (Å²) in [4.78, 5) is 0. The highest BCUT2D eigenvalue weighted by molar-refractivity contribution is 5.63. The van der Waals surface area contributed by atoms with Gasteiger partial charge in [-0.2, -0.15) is 0 Å². The van der Waals surface area contributed by atoms with Gasteiger partial charge >= 0.3 is 0 Å². The summed E-state index contributed by atoms with van der Waals surface area (Å²) in [6, 6.07) is 3.91. The lowest BCUT2D eigenvalue weighted by molar-refractivity contribution is 0.400. The maximum Gasteiger partial charge on any atom is 0.122 e. The highest BCUT2D eigenvalue weighted by Gasteiger charge is 2.30. The van der Waals surface area contributed by atoms with Gasteiger partial charge in [0.2, 0.25) is 0 Å². The summed E-state index contributed by atoms with van der Waals surface area (Å²) >= 11 is 0. The number of phenols is 1. The van der Waals surface area contributed by atoms with E-state index in [1.54, 1.807) is 0 Å². The maximum atomic E-state index is 10.1. The lowest BCUT2D eigenvalue weighted by Gasteiger charge is -2.12. The van der Waals surface area contributed by atoms with Crippen LogP contribution in [0.5, 0.6) is 5.75 Å². The van der Waals surface area contributed by atoms with Gasteiger partial charge in [0.05, 0.1) is 6.61 Å². The Kier molecular flexibility index (Phi) is 6.98. The van der Waals surface area contributed by atoms with Gasteiger partial charge in [-0.05, 0) is 37.0 Å². The number of unbranched alkanes of at least 4 members (excludes halogenated alkanes) is 6. The van der Waals surface area contributed by atoms with Crippen LogP contribution in [0.2, 0.25) is 0 Å². The normalized spacial score (nSPS) is 17.3. The molecule has 1 aromatic rings. The number of aryl methyl sites for hydroxylation is 1. The van der Waals surface area contributed by atoms with Gasteiger partial charge in [0.15, 0.2) is 0 Å². The van der Waals surface area contributed by atoms with Crippen molar-refractivity contribution >= 4 is 6.08 Å². The van der Waals surface area contributed by atoms with Crippen molar-refractivity contribution in [1.82, 2.24) is 0 Å². The SMILES string of the molecule is CC=Cc1c(CCCCCCCCC)ccc(O)c1C1CO1. The van der Waals surface area contributed by atoms with Crippen LogP contribution >= 0.6 is 0 Å². The average molecular weight is 302 g/mol. The molecule has 2 rings (SSSR count). The number of phenolic OH excluding ortho intramolecular Hbond substituents is 1. The molecule has 2 heteroatoms. The number of allylic oxidation sites excluding steroid dienone is 1. The van der Waals surface area contributed by atoms with Crippen LogP contribution in [0.15, 0.2) is 18.2 Å². The molecule has 0 radical (unpaired) electrons. The van der Waals surface area contributed by atoms with E-state index < -0.39 is 0 Å². The van der Waals surface area contributed by atoms with Crippen molar-refractivity contribution in [2.45, 2.75) is 71.3 Å². The van der Waals surface area contributed by atoms with Gasteiger partial charge in [0.1, 0.15) is 11.9 Å². The first-order valence-electron chi connectivity index (χ1n) is 8.87. The maximum absolute atomic E-state index is 10.1. The largest absolute Gasteiger partial charge is 0.508 e. The fraction of sp³-hybridized carbons (Fsp3) is 0.600. The van der Waals surface area contributed by atoms with Crippen molar-refractivity contribution < 1.29 is 9.84 Å². The van der Waals surface area contributed by atoms with E-state index in [9.17, 15) is 5.11 Å². The van der Waals surface area contributed by atoms with Crippen molar-refractivity contribution in [3.63, 3.8) is 0 Å². The predicted octanol–water partition coefficient (Wildman–Crippen LogP) is 5.79. The Labute approximate surface area is 135 Å². The van der Waals surface area contributed by atoms with E-state index in [4.69, 9.17) is 4.74 Å². The number of hydrogen-bond donors (Lipinski definition) is 1. The molecular formula is C20H30O2. The number of ether oxygens (including phenoxy) is 1. The minimum absolute atomic E-state index is 0.0974. The van der Waals surface area contributed by atoms with E-state index in [0.29, 0.717) is 5.75 Å². The molecule has 0 aliphatic carbocycles. The fourth-order valence-electron chi connectivity index (χ4n) is 3.08. The molecule has 1 aromatic carbocycles. The first kappa shape index (κ1) is 17.1. The van der Waals surface area contributed by atoms with Crippen LogP contribution in [0.1, 0.15) is 81.6 Å². The Balaban J connectivity index is 1.91. The van der Waals surface area contributed by atoms with Crippen LogP contribution < -0.4 is 0 Å². The minimum Gasteiger partial charge on any atom is -0.508 e. The summed E-state index contributed by atoms with van der Waals surface area (Å²) in [5, 5.41) is 10.1. The van der Waals surface area contributed by atoms with Gasteiger partial charge in [0, 0.05) is 5.56 Å². The molecule has 0 saturated carbocycles. The van der Waals surface area contributed by atoms with E-state index in [-0.39, 0.29) is 6.10 Å². The standard InChI is InChI=1S/C20H30O2/c1-3-5-6-7-8-9-10-12-16-13-14-18(21)20(19-15-22-19)17(16)11-4-2/h4,11,13-14,19,21H,3,5-10,12,15H2,1-2H3. The van der Waals surface area contributed by atoms with Crippen LogP contribution in [-0.2, 0) is 11.2 Å². The third kappa shape index (κ3) is 4.88. The summed E-state index contributed by atoms with van der Waals surface area (Å²) in [5.74, 6) is 0.374. The summed E-state index contributed by atoms with van der Waals surface area (Å²) < 4.78 is 5.40. The number of benzene rings is 1.